The van der Waals surface area contributed by atoms with Crippen molar-refractivity contribution in [3.8, 4) is 11.3 Å². The number of carbonyl (C=O) groups excluding carboxylic acids is 1. The van der Waals surface area contributed by atoms with Gasteiger partial charge in [0, 0.05) is 5.56 Å². The molecule has 4 nitrogen and oxygen atoms in total. The van der Waals surface area contributed by atoms with E-state index in [2.05, 4.69) is 4.98 Å². The third kappa shape index (κ3) is 2.36. The van der Waals surface area contributed by atoms with Crippen molar-refractivity contribution in [2.24, 2.45) is 0 Å². The van der Waals surface area contributed by atoms with Crippen LogP contribution in [0, 0.1) is 5.82 Å². The van der Waals surface area contributed by atoms with Gasteiger partial charge in [-0.1, -0.05) is 11.6 Å². The molecule has 0 aliphatic carbocycles. The highest BCUT2D eigenvalue weighted by molar-refractivity contribution is 6.31. The topological polar surface area (TPSA) is 52.3 Å². The van der Waals surface area contributed by atoms with E-state index >= 15 is 0 Å². The van der Waals surface area contributed by atoms with Crippen LogP contribution in [-0.4, -0.2) is 17.6 Å². The molecule has 1 heterocycles. The minimum atomic E-state index is -0.596. The van der Waals surface area contributed by atoms with Crippen molar-refractivity contribution in [3.63, 3.8) is 0 Å². The van der Waals surface area contributed by atoms with E-state index in [1.165, 1.54) is 18.2 Å². The maximum Gasteiger partial charge on any atom is 0.360 e. The zero-order chi connectivity index (χ0) is 13.1. The van der Waals surface area contributed by atoms with Gasteiger partial charge in [-0.05, 0) is 25.1 Å². The third-order valence-corrected chi connectivity index (χ3v) is 2.51. The van der Waals surface area contributed by atoms with Crippen LogP contribution in [0.15, 0.2) is 29.0 Å². The number of aromatic nitrogens is 1. The van der Waals surface area contributed by atoms with Crippen molar-refractivity contribution in [1.82, 2.24) is 4.98 Å². The van der Waals surface area contributed by atoms with Crippen LogP contribution >= 0.6 is 11.6 Å². The van der Waals surface area contributed by atoms with Crippen LogP contribution < -0.4 is 0 Å². The molecule has 0 aliphatic rings. The summed E-state index contributed by atoms with van der Waals surface area (Å²) in [6, 6.07) is 4.00. The molecule has 0 N–H and O–H groups in total. The number of halogens is 2. The van der Waals surface area contributed by atoms with E-state index in [-0.39, 0.29) is 23.1 Å². The van der Waals surface area contributed by atoms with Crippen LogP contribution in [0.2, 0.25) is 5.02 Å². The average Bonchev–Trinajstić information content (AvgIpc) is 2.82. The molecule has 1 aromatic carbocycles. The fourth-order valence-electron chi connectivity index (χ4n) is 1.43. The lowest BCUT2D eigenvalue weighted by Crippen LogP contribution is -2.06. The molecular weight excluding hydrogens is 261 g/mol. The third-order valence-electron chi connectivity index (χ3n) is 2.22. The normalized spacial score (nSPS) is 10.4. The lowest BCUT2D eigenvalue weighted by molar-refractivity contribution is 0.0520. The van der Waals surface area contributed by atoms with E-state index < -0.39 is 11.8 Å². The summed E-state index contributed by atoms with van der Waals surface area (Å²) in [5.74, 6) is -0.935. The molecule has 2 aromatic rings. The number of hydrogen-bond donors (Lipinski definition) is 0. The van der Waals surface area contributed by atoms with Gasteiger partial charge in [0.2, 0.25) is 0 Å². The zero-order valence-electron chi connectivity index (χ0n) is 9.44. The summed E-state index contributed by atoms with van der Waals surface area (Å²) >= 11 is 5.67. The molecule has 2 rings (SSSR count). The Hall–Kier alpha value is -1.88. The molecule has 0 radical (unpaired) electrons. The second kappa shape index (κ2) is 5.18. The van der Waals surface area contributed by atoms with E-state index in [4.69, 9.17) is 20.8 Å². The monoisotopic (exact) mass is 269 g/mol. The Balaban J connectivity index is 2.42. The van der Waals surface area contributed by atoms with Gasteiger partial charge >= 0.3 is 5.97 Å². The van der Waals surface area contributed by atoms with Crippen LogP contribution in [0.25, 0.3) is 11.3 Å². The fourth-order valence-corrected chi connectivity index (χ4v) is 1.61. The summed E-state index contributed by atoms with van der Waals surface area (Å²) in [5, 5.41) is -0.0568. The van der Waals surface area contributed by atoms with Crippen molar-refractivity contribution in [2.75, 3.05) is 6.61 Å². The number of esters is 1. The molecule has 6 heteroatoms. The van der Waals surface area contributed by atoms with Crippen molar-refractivity contribution >= 4 is 17.6 Å². The summed E-state index contributed by atoms with van der Waals surface area (Å²) in [6.45, 7) is 1.92. The average molecular weight is 270 g/mol. The van der Waals surface area contributed by atoms with Crippen LogP contribution in [0.3, 0.4) is 0 Å². The highest BCUT2D eigenvalue weighted by atomic mass is 35.5. The maximum atomic E-state index is 13.1. The molecule has 0 spiro atoms. The standard InChI is InChI=1S/C12H9ClFNO3/c1-2-17-12(16)10-11(18-6-15-10)7-3-4-9(14)8(13)5-7/h3-6H,2H2,1H3. The Kier molecular flexibility index (Phi) is 3.62. The van der Waals surface area contributed by atoms with Crippen molar-refractivity contribution < 1.29 is 18.3 Å². The molecule has 0 fully saturated rings. The number of benzene rings is 1. The first-order valence-electron chi connectivity index (χ1n) is 5.19. The summed E-state index contributed by atoms with van der Waals surface area (Å²) in [7, 11) is 0. The second-order valence-corrected chi connectivity index (χ2v) is 3.79. The smallest absolute Gasteiger partial charge is 0.360 e. The number of rotatable bonds is 3. The number of hydrogen-bond acceptors (Lipinski definition) is 4. The van der Waals surface area contributed by atoms with Crippen LogP contribution in [0.1, 0.15) is 17.4 Å². The Morgan fingerprint density at radius 1 is 1.56 bits per heavy atom. The molecule has 1 aromatic heterocycles. The molecule has 0 bridgehead atoms. The van der Waals surface area contributed by atoms with Gasteiger partial charge in [-0.3, -0.25) is 0 Å². The maximum absolute atomic E-state index is 13.1. The van der Waals surface area contributed by atoms with Crippen molar-refractivity contribution in [3.05, 3.63) is 41.1 Å². The van der Waals surface area contributed by atoms with Gasteiger partial charge < -0.3 is 9.15 Å². The summed E-state index contributed by atoms with van der Waals surface area (Å²) in [4.78, 5) is 15.4. The Labute approximate surface area is 107 Å². The van der Waals surface area contributed by atoms with Crippen LogP contribution in [0.4, 0.5) is 4.39 Å². The predicted molar refractivity (Wildman–Crippen MR) is 62.9 cm³/mol. The SMILES string of the molecule is CCOC(=O)c1ncoc1-c1ccc(F)c(Cl)c1. The molecule has 0 amide bonds. The Morgan fingerprint density at radius 2 is 2.33 bits per heavy atom. The summed E-state index contributed by atoms with van der Waals surface area (Å²) in [5.41, 5.74) is 0.501. The van der Waals surface area contributed by atoms with E-state index in [0.717, 1.165) is 6.39 Å². The van der Waals surface area contributed by atoms with Crippen LogP contribution in [0.5, 0.6) is 0 Å². The van der Waals surface area contributed by atoms with Crippen LogP contribution in [-0.2, 0) is 4.74 Å². The first-order chi connectivity index (χ1) is 8.63. The number of nitrogens with zero attached hydrogens (tertiary/aromatic N) is 1. The fraction of sp³-hybridized carbons (Fsp3) is 0.167. The van der Waals surface area contributed by atoms with E-state index in [1.807, 2.05) is 0 Å². The minimum absolute atomic E-state index is 0.0412. The first-order valence-corrected chi connectivity index (χ1v) is 5.57. The Morgan fingerprint density at radius 3 is 3.00 bits per heavy atom. The molecule has 0 saturated heterocycles. The van der Waals surface area contributed by atoms with E-state index in [1.54, 1.807) is 6.92 Å². The van der Waals surface area contributed by atoms with Gasteiger partial charge in [-0.2, -0.15) is 0 Å². The first kappa shape index (κ1) is 12.6. The van der Waals surface area contributed by atoms with E-state index in [9.17, 15) is 9.18 Å². The van der Waals surface area contributed by atoms with Crippen molar-refractivity contribution in [2.45, 2.75) is 6.92 Å². The molecule has 18 heavy (non-hydrogen) atoms. The number of oxazole rings is 1. The van der Waals surface area contributed by atoms with Gasteiger partial charge in [0.15, 0.2) is 17.8 Å². The summed E-state index contributed by atoms with van der Waals surface area (Å²) < 4.78 is 23.0. The molecular formula is C12H9ClFNO3. The quantitative estimate of drug-likeness (QED) is 0.802. The molecule has 0 unspecified atom stereocenters. The number of ether oxygens (including phenoxy) is 1. The molecule has 0 atom stereocenters. The van der Waals surface area contributed by atoms with Gasteiger partial charge in [0.25, 0.3) is 0 Å². The molecule has 0 aliphatic heterocycles. The molecule has 94 valence electrons. The minimum Gasteiger partial charge on any atom is -0.461 e. The second-order valence-electron chi connectivity index (χ2n) is 3.38. The van der Waals surface area contributed by atoms with Gasteiger partial charge in [-0.15, -0.1) is 0 Å². The Bertz CT molecular complexity index is 582. The number of carbonyl (C=O) groups is 1. The zero-order valence-corrected chi connectivity index (χ0v) is 10.2. The highest BCUT2D eigenvalue weighted by Crippen LogP contribution is 2.27. The van der Waals surface area contributed by atoms with E-state index in [0.29, 0.717) is 5.56 Å². The van der Waals surface area contributed by atoms with Gasteiger partial charge in [-0.25, -0.2) is 14.2 Å². The largest absolute Gasteiger partial charge is 0.461 e. The van der Waals surface area contributed by atoms with Gasteiger partial charge in [0.1, 0.15) is 5.82 Å². The highest BCUT2D eigenvalue weighted by Gasteiger charge is 2.19. The van der Waals surface area contributed by atoms with Crippen molar-refractivity contribution in [1.29, 1.82) is 0 Å². The predicted octanol–water partition coefficient (Wildman–Crippen LogP) is 3.31. The molecule has 0 saturated carbocycles. The lowest BCUT2D eigenvalue weighted by Gasteiger charge is -2.02. The van der Waals surface area contributed by atoms with Gasteiger partial charge in [0.05, 0.1) is 11.6 Å². The lowest BCUT2D eigenvalue weighted by atomic mass is 10.1. The summed E-state index contributed by atoms with van der Waals surface area (Å²) in [6.07, 6.45) is 1.12.